The Morgan fingerprint density at radius 2 is 1.92 bits per heavy atom. The summed E-state index contributed by atoms with van der Waals surface area (Å²) in [6.45, 7) is 3.83. The summed E-state index contributed by atoms with van der Waals surface area (Å²) in [5.74, 6) is -0.580. The molecule has 0 unspecified atom stereocenters. The Hall–Kier alpha value is -2.40. The van der Waals surface area contributed by atoms with Crippen LogP contribution in [0.3, 0.4) is 0 Å². The van der Waals surface area contributed by atoms with Crippen LogP contribution in [0.2, 0.25) is 5.02 Å². The number of aryl methyl sites for hydroxylation is 2. The van der Waals surface area contributed by atoms with Gasteiger partial charge in [0, 0.05) is 17.8 Å². The Kier molecular flexibility index (Phi) is 4.53. The first-order chi connectivity index (χ1) is 11.4. The van der Waals surface area contributed by atoms with Gasteiger partial charge in [0.15, 0.2) is 0 Å². The van der Waals surface area contributed by atoms with Crippen LogP contribution in [0.4, 0.5) is 5.69 Å². The third-order valence-corrected chi connectivity index (χ3v) is 4.14. The maximum atomic E-state index is 12.5. The number of nitrogens with zero attached hydrogens (tertiary/aromatic N) is 1. The molecule has 3 rings (SSSR count). The number of pyridine rings is 1. The molecule has 1 aliphatic carbocycles. The molecule has 24 heavy (non-hydrogen) atoms. The van der Waals surface area contributed by atoms with E-state index < -0.39 is 0 Å². The topological polar surface area (TPSA) is 71.1 Å². The van der Waals surface area contributed by atoms with Crippen LogP contribution in [0, 0.1) is 13.8 Å². The third-order valence-electron chi connectivity index (χ3n) is 3.84. The standard InChI is InChI=1S/C18H18ClN3O2/c1-10-7-11(2)16(14(19)8-10)22-17(23)12-5-6-20-15(9-12)18(24)21-13-3-4-13/h5-9,13H,3-4H2,1-2H3,(H,21,24)(H,22,23). The van der Waals surface area contributed by atoms with E-state index in [-0.39, 0.29) is 23.6 Å². The molecule has 2 aromatic rings. The van der Waals surface area contributed by atoms with Gasteiger partial charge in [-0.3, -0.25) is 14.6 Å². The number of amides is 2. The maximum absolute atomic E-state index is 12.5. The van der Waals surface area contributed by atoms with E-state index >= 15 is 0 Å². The Morgan fingerprint density at radius 3 is 2.58 bits per heavy atom. The van der Waals surface area contributed by atoms with Gasteiger partial charge in [0.1, 0.15) is 5.69 Å². The Labute approximate surface area is 145 Å². The largest absolute Gasteiger partial charge is 0.348 e. The van der Waals surface area contributed by atoms with Crippen LogP contribution in [-0.4, -0.2) is 22.8 Å². The molecule has 2 amide bonds. The first-order valence-corrected chi connectivity index (χ1v) is 8.17. The summed E-state index contributed by atoms with van der Waals surface area (Å²) < 4.78 is 0. The zero-order valence-corrected chi connectivity index (χ0v) is 14.3. The molecule has 0 aliphatic heterocycles. The molecule has 2 N–H and O–H groups in total. The minimum atomic E-state index is -0.327. The highest BCUT2D eigenvalue weighted by molar-refractivity contribution is 6.34. The highest BCUT2D eigenvalue weighted by Crippen LogP contribution is 2.27. The number of hydrogen-bond donors (Lipinski definition) is 2. The van der Waals surface area contributed by atoms with E-state index in [1.54, 1.807) is 12.1 Å². The van der Waals surface area contributed by atoms with Crippen LogP contribution in [0.15, 0.2) is 30.5 Å². The smallest absolute Gasteiger partial charge is 0.270 e. The van der Waals surface area contributed by atoms with E-state index in [2.05, 4.69) is 15.6 Å². The number of rotatable bonds is 4. The molecule has 0 radical (unpaired) electrons. The number of halogens is 1. The first-order valence-electron chi connectivity index (χ1n) is 7.79. The van der Waals surface area contributed by atoms with E-state index in [4.69, 9.17) is 11.6 Å². The number of nitrogens with one attached hydrogen (secondary N) is 2. The number of carbonyl (C=O) groups excluding carboxylic acids is 2. The van der Waals surface area contributed by atoms with Crippen molar-refractivity contribution in [1.29, 1.82) is 0 Å². The van der Waals surface area contributed by atoms with Gasteiger partial charge in [0.05, 0.1) is 10.7 Å². The molecule has 5 nitrogen and oxygen atoms in total. The SMILES string of the molecule is Cc1cc(C)c(NC(=O)c2ccnc(C(=O)NC3CC3)c2)c(Cl)c1. The van der Waals surface area contributed by atoms with Gasteiger partial charge in [-0.25, -0.2) is 0 Å². The fourth-order valence-electron chi connectivity index (χ4n) is 2.44. The number of carbonyl (C=O) groups is 2. The summed E-state index contributed by atoms with van der Waals surface area (Å²) in [5.41, 5.74) is 3.09. The quantitative estimate of drug-likeness (QED) is 0.892. The monoisotopic (exact) mass is 343 g/mol. The zero-order chi connectivity index (χ0) is 17.3. The summed E-state index contributed by atoms with van der Waals surface area (Å²) in [6, 6.07) is 7.05. The lowest BCUT2D eigenvalue weighted by Gasteiger charge is -2.12. The van der Waals surface area contributed by atoms with E-state index in [9.17, 15) is 9.59 Å². The van der Waals surface area contributed by atoms with Gasteiger partial charge < -0.3 is 10.6 Å². The van der Waals surface area contributed by atoms with Crippen molar-refractivity contribution in [2.75, 3.05) is 5.32 Å². The molecule has 1 fully saturated rings. The molecule has 1 aliphatic rings. The highest BCUT2D eigenvalue weighted by atomic mass is 35.5. The van der Waals surface area contributed by atoms with Crippen molar-refractivity contribution in [2.45, 2.75) is 32.7 Å². The molecule has 0 bridgehead atoms. The molecule has 0 spiro atoms. The lowest BCUT2D eigenvalue weighted by molar-refractivity contribution is 0.0946. The lowest BCUT2D eigenvalue weighted by atomic mass is 10.1. The Bertz CT molecular complexity index is 793. The minimum Gasteiger partial charge on any atom is -0.348 e. The number of aromatic nitrogens is 1. The predicted molar refractivity (Wildman–Crippen MR) is 93.6 cm³/mol. The van der Waals surface area contributed by atoms with Gasteiger partial charge >= 0.3 is 0 Å². The van der Waals surface area contributed by atoms with Crippen LogP contribution in [0.25, 0.3) is 0 Å². The zero-order valence-electron chi connectivity index (χ0n) is 13.5. The van der Waals surface area contributed by atoms with Gasteiger partial charge in [-0.1, -0.05) is 17.7 Å². The van der Waals surface area contributed by atoms with Gasteiger partial charge in [0.25, 0.3) is 11.8 Å². The van der Waals surface area contributed by atoms with E-state index in [0.717, 1.165) is 24.0 Å². The van der Waals surface area contributed by atoms with Crippen LogP contribution in [-0.2, 0) is 0 Å². The molecule has 1 saturated carbocycles. The van der Waals surface area contributed by atoms with E-state index in [1.807, 2.05) is 19.9 Å². The summed E-state index contributed by atoms with van der Waals surface area (Å²) in [6.07, 6.45) is 3.45. The first kappa shape index (κ1) is 16.5. The molecule has 1 aromatic heterocycles. The van der Waals surface area contributed by atoms with Crippen molar-refractivity contribution in [2.24, 2.45) is 0 Å². The van der Waals surface area contributed by atoms with Crippen molar-refractivity contribution in [3.8, 4) is 0 Å². The second-order valence-corrected chi connectivity index (χ2v) is 6.48. The predicted octanol–water partition coefficient (Wildman–Crippen LogP) is 3.50. The molecule has 124 valence electrons. The Morgan fingerprint density at radius 1 is 1.17 bits per heavy atom. The number of anilines is 1. The van der Waals surface area contributed by atoms with Crippen molar-refractivity contribution in [3.05, 3.63) is 57.9 Å². The fourth-order valence-corrected chi connectivity index (χ4v) is 2.81. The summed E-state index contributed by atoms with van der Waals surface area (Å²) >= 11 is 6.22. The normalized spacial score (nSPS) is 13.5. The summed E-state index contributed by atoms with van der Waals surface area (Å²) in [4.78, 5) is 28.6. The lowest BCUT2D eigenvalue weighted by Crippen LogP contribution is -2.26. The fraction of sp³-hybridized carbons (Fsp3) is 0.278. The molecule has 0 atom stereocenters. The summed E-state index contributed by atoms with van der Waals surface area (Å²) in [5, 5.41) is 6.15. The van der Waals surface area contributed by atoms with Crippen molar-refractivity contribution in [3.63, 3.8) is 0 Å². The molecule has 1 aromatic carbocycles. The second-order valence-electron chi connectivity index (χ2n) is 6.07. The molecule has 1 heterocycles. The van der Waals surface area contributed by atoms with Crippen molar-refractivity contribution >= 4 is 29.1 Å². The molecule has 0 saturated heterocycles. The Balaban J connectivity index is 1.79. The van der Waals surface area contributed by atoms with Gasteiger partial charge in [0.2, 0.25) is 0 Å². The van der Waals surface area contributed by atoms with E-state index in [0.29, 0.717) is 16.3 Å². The number of hydrogen-bond acceptors (Lipinski definition) is 3. The number of benzene rings is 1. The van der Waals surface area contributed by atoms with Crippen molar-refractivity contribution < 1.29 is 9.59 Å². The average Bonchev–Trinajstić information content (AvgIpc) is 3.34. The van der Waals surface area contributed by atoms with Gasteiger partial charge in [-0.2, -0.15) is 0 Å². The van der Waals surface area contributed by atoms with E-state index in [1.165, 1.54) is 12.3 Å². The molecular formula is C18H18ClN3O2. The molecular weight excluding hydrogens is 326 g/mol. The summed E-state index contributed by atoms with van der Waals surface area (Å²) in [7, 11) is 0. The van der Waals surface area contributed by atoms with Crippen LogP contribution >= 0.6 is 11.6 Å². The van der Waals surface area contributed by atoms with Gasteiger partial charge in [-0.15, -0.1) is 0 Å². The second kappa shape index (κ2) is 6.61. The van der Waals surface area contributed by atoms with Crippen LogP contribution in [0.1, 0.15) is 44.8 Å². The van der Waals surface area contributed by atoms with Crippen LogP contribution < -0.4 is 10.6 Å². The molecule has 6 heteroatoms. The highest BCUT2D eigenvalue weighted by Gasteiger charge is 2.24. The maximum Gasteiger partial charge on any atom is 0.270 e. The minimum absolute atomic E-state index is 0.237. The van der Waals surface area contributed by atoms with Crippen LogP contribution in [0.5, 0.6) is 0 Å². The third kappa shape index (κ3) is 3.74. The average molecular weight is 344 g/mol. The van der Waals surface area contributed by atoms with Crippen molar-refractivity contribution in [1.82, 2.24) is 10.3 Å². The van der Waals surface area contributed by atoms with Gasteiger partial charge in [-0.05, 0) is 56.0 Å².